The first-order valence-corrected chi connectivity index (χ1v) is 10.9. The van der Waals surface area contributed by atoms with Crippen molar-refractivity contribution in [3.63, 3.8) is 0 Å². The molecule has 3 rings (SSSR count). The molecule has 0 unspecified atom stereocenters. The van der Waals surface area contributed by atoms with Crippen LogP contribution < -0.4 is 5.32 Å². The van der Waals surface area contributed by atoms with Crippen molar-refractivity contribution in [1.82, 2.24) is 14.1 Å². The van der Waals surface area contributed by atoms with E-state index >= 15 is 0 Å². The van der Waals surface area contributed by atoms with Gasteiger partial charge < -0.3 is 10.1 Å². The minimum absolute atomic E-state index is 0.0269. The highest BCUT2D eigenvalue weighted by molar-refractivity contribution is 7.89. The standard InChI is InChI=1S/C21H21FN4O5S/c1-4-31-21(28)18-10-11-26(24-18)16-7-5-6-15(13-16)23-20(27)14-8-9-17(22)19(12-14)32(29,30)25(2)3/h5-13H,4H2,1-3H3,(H,23,27). The number of hydrogen-bond acceptors (Lipinski definition) is 6. The van der Waals surface area contributed by atoms with E-state index in [9.17, 15) is 22.4 Å². The zero-order valence-corrected chi connectivity index (χ0v) is 18.4. The van der Waals surface area contributed by atoms with Crippen molar-refractivity contribution in [1.29, 1.82) is 0 Å². The lowest BCUT2D eigenvalue weighted by Gasteiger charge is -2.13. The van der Waals surface area contributed by atoms with Crippen LogP contribution in [0.4, 0.5) is 10.1 Å². The van der Waals surface area contributed by atoms with Crippen LogP contribution >= 0.6 is 0 Å². The van der Waals surface area contributed by atoms with Crippen molar-refractivity contribution < 1.29 is 27.1 Å². The Morgan fingerprint density at radius 1 is 1.16 bits per heavy atom. The summed E-state index contributed by atoms with van der Waals surface area (Å²) in [6.07, 6.45) is 1.57. The molecule has 0 atom stereocenters. The Hall–Kier alpha value is -3.57. The third kappa shape index (κ3) is 4.84. The Balaban J connectivity index is 1.84. The van der Waals surface area contributed by atoms with Gasteiger partial charge in [0.25, 0.3) is 5.91 Å². The van der Waals surface area contributed by atoms with Crippen LogP contribution in [0.15, 0.2) is 59.6 Å². The predicted molar refractivity (Wildman–Crippen MR) is 115 cm³/mol. The zero-order valence-electron chi connectivity index (χ0n) is 17.6. The van der Waals surface area contributed by atoms with Crippen molar-refractivity contribution in [2.45, 2.75) is 11.8 Å². The van der Waals surface area contributed by atoms with Gasteiger partial charge in [0, 0.05) is 31.5 Å². The maximum Gasteiger partial charge on any atom is 0.358 e. The molecular weight excluding hydrogens is 439 g/mol. The second-order valence-corrected chi connectivity index (χ2v) is 8.92. The molecule has 2 aromatic carbocycles. The fourth-order valence-electron chi connectivity index (χ4n) is 2.75. The number of carbonyl (C=O) groups excluding carboxylic acids is 2. The van der Waals surface area contributed by atoms with Gasteiger partial charge in [-0.2, -0.15) is 5.10 Å². The van der Waals surface area contributed by atoms with Crippen molar-refractivity contribution in [2.75, 3.05) is 26.0 Å². The summed E-state index contributed by atoms with van der Waals surface area (Å²) in [5, 5.41) is 6.80. The second-order valence-electron chi connectivity index (χ2n) is 6.80. The second kappa shape index (κ2) is 9.28. The van der Waals surface area contributed by atoms with Gasteiger partial charge in [0.05, 0.1) is 12.3 Å². The lowest BCUT2D eigenvalue weighted by Crippen LogP contribution is -2.24. The Bertz CT molecular complexity index is 1270. The lowest BCUT2D eigenvalue weighted by atomic mass is 10.2. The average Bonchev–Trinajstić information content (AvgIpc) is 3.24. The normalized spacial score (nSPS) is 11.4. The first-order valence-electron chi connectivity index (χ1n) is 9.50. The molecule has 11 heteroatoms. The highest BCUT2D eigenvalue weighted by Crippen LogP contribution is 2.21. The van der Waals surface area contributed by atoms with Crippen LogP contribution in [0.2, 0.25) is 0 Å². The van der Waals surface area contributed by atoms with Gasteiger partial charge >= 0.3 is 5.97 Å². The largest absolute Gasteiger partial charge is 0.461 e. The van der Waals surface area contributed by atoms with Gasteiger partial charge in [0.1, 0.15) is 10.7 Å². The molecule has 32 heavy (non-hydrogen) atoms. The molecule has 1 N–H and O–H groups in total. The number of sulfonamides is 1. The smallest absolute Gasteiger partial charge is 0.358 e. The van der Waals surface area contributed by atoms with Gasteiger partial charge in [-0.1, -0.05) is 6.07 Å². The van der Waals surface area contributed by atoms with Gasteiger partial charge in [-0.05, 0) is 49.4 Å². The van der Waals surface area contributed by atoms with Crippen LogP contribution in [-0.4, -0.2) is 55.1 Å². The Morgan fingerprint density at radius 2 is 1.91 bits per heavy atom. The molecule has 0 spiro atoms. The number of rotatable bonds is 7. The van der Waals surface area contributed by atoms with E-state index in [-0.39, 0.29) is 17.9 Å². The summed E-state index contributed by atoms with van der Waals surface area (Å²) in [7, 11) is -1.51. The zero-order chi connectivity index (χ0) is 23.5. The number of amides is 1. The number of benzene rings is 2. The average molecular weight is 460 g/mol. The quantitative estimate of drug-likeness (QED) is 0.543. The molecule has 0 bridgehead atoms. The van der Waals surface area contributed by atoms with E-state index < -0.39 is 32.6 Å². The molecule has 0 saturated heterocycles. The number of carbonyl (C=O) groups is 2. The van der Waals surface area contributed by atoms with E-state index in [0.29, 0.717) is 11.4 Å². The van der Waals surface area contributed by atoms with Gasteiger partial charge in [-0.15, -0.1) is 0 Å². The molecule has 0 aliphatic carbocycles. The number of halogens is 1. The number of nitrogens with zero attached hydrogens (tertiary/aromatic N) is 3. The lowest BCUT2D eigenvalue weighted by molar-refractivity contribution is 0.0518. The van der Waals surface area contributed by atoms with Crippen LogP contribution in [0, 0.1) is 5.82 Å². The first kappa shape index (κ1) is 23.1. The summed E-state index contributed by atoms with van der Waals surface area (Å²) in [6, 6.07) is 11.3. The summed E-state index contributed by atoms with van der Waals surface area (Å²) >= 11 is 0. The fourth-order valence-corrected chi connectivity index (χ4v) is 3.73. The van der Waals surface area contributed by atoms with E-state index in [4.69, 9.17) is 4.74 Å². The molecule has 1 heterocycles. The van der Waals surface area contributed by atoms with Crippen LogP contribution in [0.1, 0.15) is 27.8 Å². The van der Waals surface area contributed by atoms with Crippen LogP contribution in [-0.2, 0) is 14.8 Å². The van der Waals surface area contributed by atoms with Crippen LogP contribution in [0.3, 0.4) is 0 Å². The summed E-state index contributed by atoms with van der Waals surface area (Å²) in [5.41, 5.74) is 1.07. The number of anilines is 1. The molecular formula is C21H21FN4O5S. The van der Waals surface area contributed by atoms with Crippen molar-refractivity contribution in [3.8, 4) is 5.69 Å². The molecule has 9 nitrogen and oxygen atoms in total. The third-order valence-electron chi connectivity index (χ3n) is 4.39. The molecule has 0 aliphatic heterocycles. The topological polar surface area (TPSA) is 111 Å². The van der Waals surface area contributed by atoms with E-state index in [0.717, 1.165) is 16.4 Å². The van der Waals surface area contributed by atoms with Crippen molar-refractivity contribution in [2.24, 2.45) is 0 Å². The number of ether oxygens (including phenoxy) is 1. The Labute approximate surface area is 184 Å². The fraction of sp³-hybridized carbons (Fsp3) is 0.190. The monoisotopic (exact) mass is 460 g/mol. The molecule has 0 radical (unpaired) electrons. The van der Waals surface area contributed by atoms with E-state index in [2.05, 4.69) is 10.4 Å². The minimum atomic E-state index is -4.06. The summed E-state index contributed by atoms with van der Waals surface area (Å²) < 4.78 is 45.9. The number of esters is 1. The molecule has 1 amide bonds. The van der Waals surface area contributed by atoms with Gasteiger partial charge in [-0.3, -0.25) is 4.79 Å². The SMILES string of the molecule is CCOC(=O)c1ccn(-c2cccc(NC(=O)c3ccc(F)c(S(=O)(=O)N(C)C)c3)c2)n1. The molecule has 168 valence electrons. The van der Waals surface area contributed by atoms with E-state index in [1.54, 1.807) is 37.4 Å². The molecule has 1 aromatic heterocycles. The summed E-state index contributed by atoms with van der Waals surface area (Å²) in [6.45, 7) is 1.93. The third-order valence-corrected chi connectivity index (χ3v) is 6.22. The van der Waals surface area contributed by atoms with Gasteiger partial charge in [0.2, 0.25) is 10.0 Å². The molecule has 3 aromatic rings. The predicted octanol–water partition coefficient (Wildman–Crippen LogP) is 2.69. The number of nitrogens with one attached hydrogen (secondary N) is 1. The maximum atomic E-state index is 14.1. The Kier molecular flexibility index (Phi) is 6.70. The molecule has 0 fully saturated rings. The maximum absolute atomic E-state index is 14.1. The molecule has 0 saturated carbocycles. The van der Waals surface area contributed by atoms with Crippen LogP contribution in [0.25, 0.3) is 5.69 Å². The number of aromatic nitrogens is 2. The van der Waals surface area contributed by atoms with Crippen molar-refractivity contribution in [3.05, 3.63) is 71.8 Å². The van der Waals surface area contributed by atoms with E-state index in [1.807, 2.05) is 0 Å². The first-order chi connectivity index (χ1) is 15.1. The van der Waals surface area contributed by atoms with Crippen molar-refractivity contribution >= 4 is 27.6 Å². The summed E-state index contributed by atoms with van der Waals surface area (Å²) in [4.78, 5) is 23.9. The highest BCUT2D eigenvalue weighted by atomic mass is 32.2. The molecule has 0 aliphatic rings. The Morgan fingerprint density at radius 3 is 2.59 bits per heavy atom. The van der Waals surface area contributed by atoms with Gasteiger partial charge in [-0.25, -0.2) is 26.6 Å². The minimum Gasteiger partial charge on any atom is -0.461 e. The van der Waals surface area contributed by atoms with Gasteiger partial charge in [0.15, 0.2) is 5.69 Å². The number of hydrogen-bond donors (Lipinski definition) is 1. The highest BCUT2D eigenvalue weighted by Gasteiger charge is 2.23. The summed E-state index contributed by atoms with van der Waals surface area (Å²) in [5.74, 6) is -2.12. The van der Waals surface area contributed by atoms with E-state index in [1.165, 1.54) is 30.9 Å². The van der Waals surface area contributed by atoms with Crippen LogP contribution in [0.5, 0.6) is 0 Å².